The van der Waals surface area contributed by atoms with Crippen LogP contribution in [0.15, 0.2) is 36.0 Å². The van der Waals surface area contributed by atoms with E-state index in [1.807, 2.05) is 27.7 Å². The first kappa shape index (κ1) is 39.2. The SMILES string of the molecule is CCCN1CCN(C(=O)OC2C=CC(C)C(C(C)=CC=CC(C)(O)CC3OC3C(C)C(O)CC)OC(=O)CC(O)CCC2(C)O)CC1. The molecule has 3 aliphatic heterocycles. The van der Waals surface area contributed by atoms with E-state index in [2.05, 4.69) is 11.8 Å². The fourth-order valence-electron chi connectivity index (χ4n) is 6.46. The van der Waals surface area contributed by atoms with E-state index in [0.29, 0.717) is 31.5 Å². The Balaban J connectivity index is 1.73. The number of nitrogens with zero attached hydrogens (tertiary/aromatic N) is 2. The summed E-state index contributed by atoms with van der Waals surface area (Å²) in [6.07, 6.45) is 6.81. The maximum absolute atomic E-state index is 13.2. The summed E-state index contributed by atoms with van der Waals surface area (Å²) in [5.41, 5.74) is -1.93. The minimum Gasteiger partial charge on any atom is -0.457 e. The topological polar surface area (TPSA) is 153 Å². The molecule has 0 spiro atoms. The number of cyclic esters (lactones) is 1. The van der Waals surface area contributed by atoms with E-state index >= 15 is 0 Å². The Morgan fingerprint density at radius 3 is 2.55 bits per heavy atom. The lowest BCUT2D eigenvalue weighted by Crippen LogP contribution is -2.51. The van der Waals surface area contributed by atoms with Crippen LogP contribution in [-0.4, -0.2) is 123 Å². The van der Waals surface area contributed by atoms with E-state index < -0.39 is 47.7 Å². The monoisotopic (exact) mass is 664 g/mol. The molecule has 0 aromatic rings. The fraction of sp³-hybridized carbons (Fsp3) is 0.778. The molecule has 0 aromatic heterocycles. The quantitative estimate of drug-likeness (QED) is 0.111. The van der Waals surface area contributed by atoms with Gasteiger partial charge in [0.05, 0.1) is 36.4 Å². The lowest BCUT2D eigenvalue weighted by Gasteiger charge is -2.37. The number of carbonyl (C=O) groups is 2. The molecule has 2 saturated heterocycles. The average molecular weight is 665 g/mol. The summed E-state index contributed by atoms with van der Waals surface area (Å²) in [6.45, 7) is 16.6. The van der Waals surface area contributed by atoms with Gasteiger partial charge in [-0.25, -0.2) is 4.79 Å². The molecule has 3 heterocycles. The number of ether oxygens (including phenoxy) is 3. The second-order valence-electron chi connectivity index (χ2n) is 14.3. The molecule has 0 aliphatic carbocycles. The summed E-state index contributed by atoms with van der Waals surface area (Å²) >= 11 is 0. The van der Waals surface area contributed by atoms with Gasteiger partial charge in [0.1, 0.15) is 11.7 Å². The molecule has 2 fully saturated rings. The first-order chi connectivity index (χ1) is 22.1. The third kappa shape index (κ3) is 12.0. The predicted octanol–water partition coefficient (Wildman–Crippen LogP) is 3.74. The summed E-state index contributed by atoms with van der Waals surface area (Å²) in [6, 6.07) is 0. The van der Waals surface area contributed by atoms with Crippen LogP contribution in [0.4, 0.5) is 4.79 Å². The smallest absolute Gasteiger partial charge is 0.410 e. The Labute approximate surface area is 281 Å². The number of aliphatic hydroxyl groups excluding tert-OH is 2. The van der Waals surface area contributed by atoms with Crippen molar-refractivity contribution in [1.29, 1.82) is 0 Å². The second kappa shape index (κ2) is 17.4. The molecule has 10 atom stereocenters. The maximum Gasteiger partial charge on any atom is 0.410 e. The van der Waals surface area contributed by atoms with Crippen LogP contribution < -0.4 is 0 Å². The van der Waals surface area contributed by atoms with Crippen LogP contribution in [0.5, 0.6) is 0 Å². The van der Waals surface area contributed by atoms with Crippen LogP contribution >= 0.6 is 0 Å². The van der Waals surface area contributed by atoms with E-state index in [-0.39, 0.29) is 43.3 Å². The van der Waals surface area contributed by atoms with Crippen molar-refractivity contribution in [3.63, 3.8) is 0 Å². The summed E-state index contributed by atoms with van der Waals surface area (Å²) in [5.74, 6) is -0.941. The van der Waals surface area contributed by atoms with Gasteiger partial charge in [0.25, 0.3) is 0 Å². The molecule has 0 radical (unpaired) electrons. The van der Waals surface area contributed by atoms with Crippen LogP contribution in [0.2, 0.25) is 0 Å². The molecule has 11 nitrogen and oxygen atoms in total. The van der Waals surface area contributed by atoms with Gasteiger partial charge in [0, 0.05) is 44.4 Å². The van der Waals surface area contributed by atoms with Crippen molar-refractivity contribution in [2.45, 2.75) is 135 Å². The zero-order valence-corrected chi connectivity index (χ0v) is 29.5. The standard InChI is InChI=1S/C36H60N2O9/c1-8-17-37-18-20-38(21-19-37)34(42)46-30-13-12-25(4)32(47-31(41)22-27(39)14-16-36(30,7)44)24(3)11-10-15-35(6,43)23-29-33(45-29)26(5)28(40)9-2/h10-13,15,25-30,32-33,39-40,43-44H,8-9,14,16-23H2,1-7H3. The summed E-state index contributed by atoms with van der Waals surface area (Å²) in [7, 11) is 0. The third-order valence-electron chi connectivity index (χ3n) is 9.77. The number of epoxide rings is 1. The van der Waals surface area contributed by atoms with Crippen molar-refractivity contribution >= 4 is 12.1 Å². The van der Waals surface area contributed by atoms with E-state index in [9.17, 15) is 30.0 Å². The lowest BCUT2D eigenvalue weighted by molar-refractivity contribution is -0.151. The fourth-order valence-corrected chi connectivity index (χ4v) is 6.46. The number of hydrogen-bond acceptors (Lipinski definition) is 10. The molecule has 0 bridgehead atoms. The zero-order valence-electron chi connectivity index (χ0n) is 29.5. The minimum absolute atomic E-state index is 0.0103. The number of amides is 1. The summed E-state index contributed by atoms with van der Waals surface area (Å²) in [4.78, 5) is 30.0. The Bertz CT molecular complexity index is 1110. The van der Waals surface area contributed by atoms with Crippen molar-refractivity contribution in [2.24, 2.45) is 11.8 Å². The van der Waals surface area contributed by atoms with Crippen molar-refractivity contribution < 1.29 is 44.2 Å². The summed E-state index contributed by atoms with van der Waals surface area (Å²) in [5, 5.41) is 43.2. The molecule has 1 amide bonds. The molecule has 3 aliphatic rings. The molecular weight excluding hydrogens is 604 g/mol. The van der Waals surface area contributed by atoms with E-state index in [1.54, 1.807) is 49.1 Å². The zero-order chi connectivity index (χ0) is 34.9. The molecule has 4 N–H and O–H groups in total. The third-order valence-corrected chi connectivity index (χ3v) is 9.77. The van der Waals surface area contributed by atoms with Crippen molar-refractivity contribution in [3.05, 3.63) is 36.0 Å². The number of carbonyl (C=O) groups excluding carboxylic acids is 2. The van der Waals surface area contributed by atoms with Gasteiger partial charge >= 0.3 is 12.1 Å². The van der Waals surface area contributed by atoms with Gasteiger partial charge < -0.3 is 39.5 Å². The van der Waals surface area contributed by atoms with Gasteiger partial charge in [-0.3, -0.25) is 9.69 Å². The highest BCUT2D eigenvalue weighted by Gasteiger charge is 2.47. The summed E-state index contributed by atoms with van der Waals surface area (Å²) < 4.78 is 17.5. The maximum atomic E-state index is 13.2. The molecule has 0 aromatic carbocycles. The highest BCUT2D eigenvalue weighted by Crippen LogP contribution is 2.37. The van der Waals surface area contributed by atoms with Crippen LogP contribution in [0.25, 0.3) is 0 Å². The van der Waals surface area contributed by atoms with Gasteiger partial charge in [-0.2, -0.15) is 0 Å². The average Bonchev–Trinajstić information content (AvgIpc) is 3.77. The Hall–Kier alpha value is -2.28. The predicted molar refractivity (Wildman–Crippen MR) is 179 cm³/mol. The van der Waals surface area contributed by atoms with E-state index in [4.69, 9.17) is 14.2 Å². The molecule has 3 rings (SSSR count). The van der Waals surface area contributed by atoms with Crippen LogP contribution in [0.1, 0.15) is 87.0 Å². The van der Waals surface area contributed by atoms with Gasteiger partial charge in [-0.05, 0) is 64.6 Å². The van der Waals surface area contributed by atoms with Crippen LogP contribution in [0, 0.1) is 11.8 Å². The van der Waals surface area contributed by atoms with Gasteiger partial charge in [0.2, 0.25) is 0 Å². The van der Waals surface area contributed by atoms with Crippen molar-refractivity contribution in [1.82, 2.24) is 9.80 Å². The number of hydrogen-bond donors (Lipinski definition) is 4. The first-order valence-electron chi connectivity index (χ1n) is 17.4. The van der Waals surface area contributed by atoms with Gasteiger partial charge in [0.15, 0.2) is 6.10 Å². The first-order valence-corrected chi connectivity index (χ1v) is 17.4. The van der Waals surface area contributed by atoms with Crippen molar-refractivity contribution in [2.75, 3.05) is 32.7 Å². The van der Waals surface area contributed by atoms with E-state index in [0.717, 1.165) is 26.1 Å². The largest absolute Gasteiger partial charge is 0.457 e. The van der Waals surface area contributed by atoms with Crippen LogP contribution in [-0.2, 0) is 19.0 Å². The molecule has 47 heavy (non-hydrogen) atoms. The molecule has 10 unspecified atom stereocenters. The molecule has 0 saturated carbocycles. The number of rotatable bonds is 11. The molecular formula is C36H60N2O9. The lowest BCUT2D eigenvalue weighted by atomic mass is 9.88. The Morgan fingerprint density at radius 1 is 1.23 bits per heavy atom. The van der Waals surface area contributed by atoms with Gasteiger partial charge in [-0.15, -0.1) is 0 Å². The van der Waals surface area contributed by atoms with Crippen LogP contribution in [0.3, 0.4) is 0 Å². The number of allylic oxidation sites excluding steroid dienone is 2. The number of aliphatic hydroxyl groups is 4. The highest BCUT2D eigenvalue weighted by molar-refractivity contribution is 5.70. The Morgan fingerprint density at radius 2 is 1.91 bits per heavy atom. The Kier molecular flexibility index (Phi) is 14.5. The van der Waals surface area contributed by atoms with E-state index in [1.165, 1.54) is 0 Å². The highest BCUT2D eigenvalue weighted by atomic mass is 16.6. The number of piperazine rings is 1. The molecule has 11 heteroatoms. The number of esters is 1. The normalized spacial score (nSPS) is 34.1. The van der Waals surface area contributed by atoms with Crippen molar-refractivity contribution in [3.8, 4) is 0 Å². The minimum atomic E-state index is -1.48. The molecule has 268 valence electrons. The van der Waals surface area contributed by atoms with Gasteiger partial charge in [-0.1, -0.05) is 52.0 Å². The second-order valence-corrected chi connectivity index (χ2v) is 14.3.